The van der Waals surface area contributed by atoms with E-state index in [4.69, 9.17) is 4.74 Å². The molecule has 7 nitrogen and oxygen atoms in total. The minimum atomic E-state index is -1.31. The van der Waals surface area contributed by atoms with Gasteiger partial charge in [0.1, 0.15) is 5.60 Å². The fraction of sp³-hybridized carbons (Fsp3) is 0.500. The Morgan fingerprint density at radius 2 is 2.08 bits per heavy atom. The van der Waals surface area contributed by atoms with Gasteiger partial charge in [0, 0.05) is 17.7 Å². The van der Waals surface area contributed by atoms with Gasteiger partial charge in [-0.25, -0.2) is 4.79 Å². The third kappa shape index (κ3) is 3.38. The number of nitro groups is 1. The molecule has 1 aliphatic heterocycles. The van der Waals surface area contributed by atoms with Crippen molar-refractivity contribution in [3.63, 3.8) is 0 Å². The number of nitrogens with zero attached hydrogens (tertiary/aromatic N) is 1. The average molecular weight is 352 g/mol. The lowest BCUT2D eigenvalue weighted by atomic mass is 9.87. The van der Waals surface area contributed by atoms with E-state index >= 15 is 0 Å². The van der Waals surface area contributed by atoms with Crippen molar-refractivity contribution >= 4 is 29.3 Å². The normalized spacial score (nSPS) is 19.6. The van der Waals surface area contributed by atoms with Crippen LogP contribution in [-0.4, -0.2) is 34.4 Å². The Labute approximate surface area is 144 Å². The largest absolute Gasteiger partial charge is 0.458 e. The molecule has 0 aliphatic carbocycles. The summed E-state index contributed by atoms with van der Waals surface area (Å²) >= 11 is 1.54. The number of rotatable bonds is 5. The molecule has 130 valence electrons. The van der Waals surface area contributed by atoms with Gasteiger partial charge in [-0.3, -0.25) is 14.9 Å². The van der Waals surface area contributed by atoms with Crippen LogP contribution in [0, 0.1) is 10.1 Å². The van der Waals surface area contributed by atoms with Gasteiger partial charge in [0.2, 0.25) is 0 Å². The van der Waals surface area contributed by atoms with E-state index < -0.39 is 27.9 Å². The molecule has 0 unspecified atom stereocenters. The second kappa shape index (κ2) is 6.43. The summed E-state index contributed by atoms with van der Waals surface area (Å²) in [7, 11) is 0. The molecule has 0 aromatic heterocycles. The van der Waals surface area contributed by atoms with Crippen molar-refractivity contribution in [2.24, 2.45) is 0 Å². The van der Waals surface area contributed by atoms with Gasteiger partial charge in [-0.15, -0.1) is 0 Å². The first kappa shape index (κ1) is 18.3. The highest BCUT2D eigenvalue weighted by molar-refractivity contribution is 7.98. The number of hydrogen-bond donors (Lipinski definition) is 1. The average Bonchev–Trinajstić information content (AvgIpc) is 2.77. The van der Waals surface area contributed by atoms with Crippen LogP contribution in [0.1, 0.15) is 43.1 Å². The maximum absolute atomic E-state index is 12.8. The van der Waals surface area contributed by atoms with Crippen LogP contribution in [0.15, 0.2) is 18.2 Å². The summed E-state index contributed by atoms with van der Waals surface area (Å²) in [4.78, 5) is 35.6. The van der Waals surface area contributed by atoms with Crippen LogP contribution in [0.2, 0.25) is 0 Å². The maximum Gasteiger partial charge on any atom is 0.337 e. The first-order valence-electron chi connectivity index (χ1n) is 7.44. The van der Waals surface area contributed by atoms with Gasteiger partial charge >= 0.3 is 5.97 Å². The SMILES string of the molecule is CSCC[C@]1(C(=O)OC(C)(C)C)NC(=O)c2cc([N+](=O)[O-])ccc21. The van der Waals surface area contributed by atoms with Gasteiger partial charge in [-0.1, -0.05) is 0 Å². The highest BCUT2D eigenvalue weighted by Crippen LogP contribution is 2.38. The van der Waals surface area contributed by atoms with Crippen molar-refractivity contribution in [2.75, 3.05) is 12.0 Å². The molecule has 24 heavy (non-hydrogen) atoms. The standard InChI is InChI=1S/C16H20N2O5S/c1-15(2,3)23-14(20)16(7-8-24-4)12-6-5-10(18(21)22)9-11(12)13(19)17-16/h5-6,9H,7-8H2,1-4H3,(H,17,19)/t16-/m0/s1. The molecule has 1 atom stereocenters. The lowest BCUT2D eigenvalue weighted by Gasteiger charge is -2.31. The van der Waals surface area contributed by atoms with E-state index in [1.165, 1.54) is 30.0 Å². The Morgan fingerprint density at radius 3 is 2.62 bits per heavy atom. The van der Waals surface area contributed by atoms with E-state index in [1.54, 1.807) is 20.8 Å². The van der Waals surface area contributed by atoms with Crippen LogP contribution < -0.4 is 5.32 Å². The zero-order valence-corrected chi connectivity index (χ0v) is 14.9. The van der Waals surface area contributed by atoms with E-state index in [1.807, 2.05) is 6.26 Å². The number of benzene rings is 1. The van der Waals surface area contributed by atoms with E-state index in [0.29, 0.717) is 17.7 Å². The number of ether oxygens (including phenoxy) is 1. The molecule has 1 amide bonds. The summed E-state index contributed by atoms with van der Waals surface area (Å²) in [5.74, 6) is -0.429. The van der Waals surface area contributed by atoms with Crippen molar-refractivity contribution < 1.29 is 19.2 Å². The summed E-state index contributed by atoms with van der Waals surface area (Å²) in [5.41, 5.74) is -1.62. The molecule has 0 saturated carbocycles. The lowest BCUT2D eigenvalue weighted by molar-refractivity contribution is -0.384. The van der Waals surface area contributed by atoms with Crippen LogP contribution in [0.5, 0.6) is 0 Å². The summed E-state index contributed by atoms with van der Waals surface area (Å²) in [6.45, 7) is 5.25. The molecule has 1 aromatic rings. The number of carbonyl (C=O) groups excluding carboxylic acids is 2. The summed E-state index contributed by atoms with van der Waals surface area (Å²) < 4.78 is 5.51. The Morgan fingerprint density at radius 1 is 1.42 bits per heavy atom. The number of nitro benzene ring substituents is 1. The molecule has 1 N–H and O–H groups in total. The third-order valence-electron chi connectivity index (χ3n) is 3.67. The van der Waals surface area contributed by atoms with E-state index in [9.17, 15) is 19.7 Å². The molecule has 0 bridgehead atoms. The zero-order chi connectivity index (χ0) is 18.1. The summed E-state index contributed by atoms with van der Waals surface area (Å²) in [5, 5.41) is 13.6. The fourth-order valence-electron chi connectivity index (χ4n) is 2.61. The molecule has 1 heterocycles. The number of non-ortho nitro benzene ring substituents is 1. The lowest BCUT2D eigenvalue weighted by Crippen LogP contribution is -2.50. The van der Waals surface area contributed by atoms with Crippen molar-refractivity contribution in [1.29, 1.82) is 0 Å². The number of carbonyl (C=O) groups is 2. The Hall–Kier alpha value is -2.09. The van der Waals surface area contributed by atoms with E-state index in [2.05, 4.69) is 5.32 Å². The van der Waals surface area contributed by atoms with Gasteiger partial charge in [0.05, 0.1) is 10.5 Å². The second-order valence-corrected chi connectivity index (χ2v) is 7.58. The van der Waals surface area contributed by atoms with Crippen LogP contribution in [0.4, 0.5) is 5.69 Å². The first-order valence-corrected chi connectivity index (χ1v) is 8.84. The number of nitrogens with one attached hydrogen (secondary N) is 1. The van der Waals surface area contributed by atoms with Crippen LogP contribution in [0.3, 0.4) is 0 Å². The van der Waals surface area contributed by atoms with Gasteiger partial charge < -0.3 is 10.1 Å². The Balaban J connectivity index is 2.53. The van der Waals surface area contributed by atoms with E-state index in [0.717, 1.165) is 0 Å². The van der Waals surface area contributed by atoms with Gasteiger partial charge in [0.15, 0.2) is 5.54 Å². The first-order chi connectivity index (χ1) is 11.1. The van der Waals surface area contributed by atoms with Gasteiger partial charge in [-0.05, 0) is 45.3 Å². The molecule has 0 spiro atoms. The molecular formula is C16H20N2O5S. The predicted octanol–water partition coefficient (Wildman–Crippen LogP) is 2.63. The smallest absolute Gasteiger partial charge is 0.337 e. The Bertz CT molecular complexity index is 698. The fourth-order valence-corrected chi connectivity index (χ4v) is 3.13. The van der Waals surface area contributed by atoms with Crippen LogP contribution >= 0.6 is 11.8 Å². The monoisotopic (exact) mass is 352 g/mol. The van der Waals surface area contributed by atoms with E-state index in [-0.39, 0.29) is 11.3 Å². The summed E-state index contributed by atoms with van der Waals surface area (Å²) in [6.07, 6.45) is 2.25. The zero-order valence-electron chi connectivity index (χ0n) is 14.0. The maximum atomic E-state index is 12.8. The minimum Gasteiger partial charge on any atom is -0.458 e. The van der Waals surface area contributed by atoms with Gasteiger partial charge in [0.25, 0.3) is 11.6 Å². The molecule has 8 heteroatoms. The number of hydrogen-bond acceptors (Lipinski definition) is 6. The predicted molar refractivity (Wildman–Crippen MR) is 91.1 cm³/mol. The number of amides is 1. The highest BCUT2D eigenvalue weighted by atomic mass is 32.2. The Kier molecular flexibility index (Phi) is 4.89. The van der Waals surface area contributed by atoms with Crippen molar-refractivity contribution in [1.82, 2.24) is 5.32 Å². The van der Waals surface area contributed by atoms with Crippen LogP contribution in [-0.2, 0) is 15.1 Å². The number of thioether (sulfide) groups is 1. The van der Waals surface area contributed by atoms with Gasteiger partial charge in [-0.2, -0.15) is 11.8 Å². The minimum absolute atomic E-state index is 0.149. The molecule has 0 fully saturated rings. The number of fused-ring (bicyclic) bond motifs is 1. The van der Waals surface area contributed by atoms with Crippen molar-refractivity contribution in [2.45, 2.75) is 38.3 Å². The molecule has 1 aliphatic rings. The molecule has 2 rings (SSSR count). The molecule has 1 aromatic carbocycles. The third-order valence-corrected chi connectivity index (χ3v) is 4.29. The second-order valence-electron chi connectivity index (χ2n) is 6.59. The molecule has 0 saturated heterocycles. The molecule has 0 radical (unpaired) electrons. The highest BCUT2D eigenvalue weighted by Gasteiger charge is 2.51. The van der Waals surface area contributed by atoms with Crippen LogP contribution in [0.25, 0.3) is 0 Å². The number of esters is 1. The topological polar surface area (TPSA) is 98.5 Å². The quantitative estimate of drug-likeness (QED) is 0.497. The summed E-state index contributed by atoms with van der Waals surface area (Å²) in [6, 6.07) is 3.98. The van der Waals surface area contributed by atoms with Crippen molar-refractivity contribution in [3.8, 4) is 0 Å². The molecular weight excluding hydrogens is 332 g/mol. The van der Waals surface area contributed by atoms with Crippen molar-refractivity contribution in [3.05, 3.63) is 39.4 Å².